The number of nitrogen functional groups attached to an aromatic ring is 1. The van der Waals surface area contributed by atoms with Crippen LogP contribution in [0.5, 0.6) is 0 Å². The van der Waals surface area contributed by atoms with Crippen molar-refractivity contribution in [3.8, 4) is 0 Å². The number of nitrogens with two attached hydrogens (primary N) is 1. The molecule has 118 valence electrons. The average Bonchev–Trinajstić information content (AvgIpc) is 2.75. The van der Waals surface area contributed by atoms with Gasteiger partial charge >= 0.3 is 0 Å². The molecule has 2 atom stereocenters. The summed E-state index contributed by atoms with van der Waals surface area (Å²) in [5.74, 6) is 1.30. The molecular weight excluding hydrogens is 302 g/mol. The van der Waals surface area contributed by atoms with Gasteiger partial charge in [0, 0.05) is 19.6 Å². The van der Waals surface area contributed by atoms with Crippen LogP contribution >= 0.6 is 23.1 Å². The predicted octanol–water partition coefficient (Wildman–Crippen LogP) is 3.28. The minimum Gasteiger partial charge on any atom is -0.396 e. The third-order valence-electron chi connectivity index (χ3n) is 3.79. The predicted molar refractivity (Wildman–Crippen MR) is 93.7 cm³/mol. The first-order chi connectivity index (χ1) is 9.97. The van der Waals surface area contributed by atoms with Crippen molar-refractivity contribution >= 4 is 39.7 Å². The van der Waals surface area contributed by atoms with Crippen LogP contribution in [0, 0.1) is 11.8 Å². The number of carbonyl (C=O) groups excluding carboxylic acids is 1. The summed E-state index contributed by atoms with van der Waals surface area (Å²) in [6, 6.07) is 0. The number of amides is 1. The van der Waals surface area contributed by atoms with Crippen LogP contribution < -0.4 is 16.0 Å². The van der Waals surface area contributed by atoms with E-state index in [4.69, 9.17) is 5.73 Å². The lowest BCUT2D eigenvalue weighted by atomic mass is 9.92. The quantitative estimate of drug-likeness (QED) is 0.833. The summed E-state index contributed by atoms with van der Waals surface area (Å²) >= 11 is 3.18. The Kier molecular flexibility index (Phi) is 5.43. The van der Waals surface area contributed by atoms with Gasteiger partial charge in [0.2, 0.25) is 0 Å². The number of hydrogen-bond acceptors (Lipinski definition) is 5. The molecule has 1 aliphatic rings. The van der Waals surface area contributed by atoms with Crippen LogP contribution in [-0.2, 0) is 0 Å². The molecule has 0 saturated carbocycles. The minimum absolute atomic E-state index is 0.0559. The lowest BCUT2D eigenvalue weighted by Crippen LogP contribution is -2.38. The summed E-state index contributed by atoms with van der Waals surface area (Å²) in [4.78, 5) is 16.3. The van der Waals surface area contributed by atoms with Crippen molar-refractivity contribution in [2.45, 2.75) is 32.1 Å². The van der Waals surface area contributed by atoms with Crippen molar-refractivity contribution in [1.29, 1.82) is 0 Å². The Bertz CT molecular complexity index is 505. The molecule has 0 aliphatic carbocycles. The van der Waals surface area contributed by atoms with Gasteiger partial charge in [-0.15, -0.1) is 23.1 Å². The molecule has 0 aromatic carbocycles. The van der Waals surface area contributed by atoms with Gasteiger partial charge in [-0.25, -0.2) is 0 Å². The molecule has 2 heterocycles. The summed E-state index contributed by atoms with van der Waals surface area (Å²) in [5.41, 5.74) is 6.86. The van der Waals surface area contributed by atoms with Crippen LogP contribution in [0.1, 0.15) is 36.9 Å². The lowest BCUT2D eigenvalue weighted by Gasteiger charge is -2.36. The number of piperidine rings is 1. The van der Waals surface area contributed by atoms with Crippen molar-refractivity contribution in [3.05, 3.63) is 4.88 Å². The Labute approximate surface area is 135 Å². The second kappa shape index (κ2) is 6.92. The highest BCUT2D eigenvalue weighted by molar-refractivity contribution is 7.99. The van der Waals surface area contributed by atoms with E-state index in [1.165, 1.54) is 22.8 Å². The van der Waals surface area contributed by atoms with E-state index in [2.05, 4.69) is 24.1 Å². The molecule has 0 spiro atoms. The second-order valence-electron chi connectivity index (χ2n) is 5.89. The zero-order valence-corrected chi connectivity index (χ0v) is 14.9. The normalized spacial score (nSPS) is 22.4. The van der Waals surface area contributed by atoms with E-state index in [0.717, 1.165) is 18.0 Å². The molecule has 1 saturated heterocycles. The van der Waals surface area contributed by atoms with Gasteiger partial charge in [0.1, 0.15) is 9.88 Å². The molecule has 0 radical (unpaired) electrons. The number of nitrogens with zero attached hydrogens (tertiary/aromatic N) is 1. The number of carbonyl (C=O) groups is 1. The number of anilines is 2. The van der Waals surface area contributed by atoms with Crippen LogP contribution in [0.25, 0.3) is 0 Å². The van der Waals surface area contributed by atoms with E-state index >= 15 is 0 Å². The summed E-state index contributed by atoms with van der Waals surface area (Å²) in [6.07, 6.45) is 3.30. The van der Waals surface area contributed by atoms with Crippen molar-refractivity contribution in [2.24, 2.45) is 11.8 Å². The second-order valence-corrected chi connectivity index (χ2v) is 7.71. The first-order valence-corrected chi connectivity index (χ1v) is 9.51. The van der Waals surface area contributed by atoms with Gasteiger partial charge in [-0.3, -0.25) is 4.79 Å². The zero-order chi connectivity index (χ0) is 15.6. The third-order valence-corrected chi connectivity index (χ3v) is 6.00. The fourth-order valence-electron chi connectivity index (χ4n) is 3.06. The number of rotatable bonds is 4. The lowest BCUT2D eigenvalue weighted by molar-refractivity contribution is 0.0960. The average molecular weight is 328 g/mol. The molecule has 2 rings (SSSR count). The van der Waals surface area contributed by atoms with Crippen LogP contribution in [0.2, 0.25) is 0 Å². The van der Waals surface area contributed by atoms with E-state index in [9.17, 15) is 4.79 Å². The Balaban J connectivity index is 2.34. The molecule has 0 bridgehead atoms. The number of nitrogens with one attached hydrogen (secondary N) is 1. The molecule has 1 aromatic heterocycles. The molecule has 1 aromatic rings. The smallest absolute Gasteiger partial charge is 0.263 e. The van der Waals surface area contributed by atoms with Gasteiger partial charge in [0.05, 0.1) is 10.6 Å². The van der Waals surface area contributed by atoms with E-state index in [0.29, 0.717) is 28.9 Å². The fourth-order valence-corrected chi connectivity index (χ4v) is 5.18. The van der Waals surface area contributed by atoms with Crippen molar-refractivity contribution in [3.63, 3.8) is 0 Å². The van der Waals surface area contributed by atoms with Gasteiger partial charge in [-0.2, -0.15) is 0 Å². The maximum atomic E-state index is 12.1. The summed E-state index contributed by atoms with van der Waals surface area (Å²) in [6.45, 7) is 9.23. The first-order valence-electron chi connectivity index (χ1n) is 7.47. The van der Waals surface area contributed by atoms with Gasteiger partial charge < -0.3 is 16.0 Å². The van der Waals surface area contributed by atoms with Crippen LogP contribution in [0.3, 0.4) is 0 Å². The highest BCUT2D eigenvalue weighted by Gasteiger charge is 2.28. The van der Waals surface area contributed by atoms with Gasteiger partial charge in [-0.1, -0.05) is 13.8 Å². The molecule has 1 amide bonds. The van der Waals surface area contributed by atoms with Crippen molar-refractivity contribution in [2.75, 3.05) is 36.5 Å². The summed E-state index contributed by atoms with van der Waals surface area (Å²) in [7, 11) is 0. The van der Waals surface area contributed by atoms with Crippen molar-refractivity contribution < 1.29 is 4.79 Å². The van der Waals surface area contributed by atoms with E-state index in [1.807, 2.05) is 13.2 Å². The highest BCUT2D eigenvalue weighted by Crippen LogP contribution is 2.45. The number of hydrogen-bond donors (Lipinski definition) is 2. The van der Waals surface area contributed by atoms with Gasteiger partial charge in [0.15, 0.2) is 0 Å². The Hall–Kier alpha value is -0.880. The molecule has 3 N–H and O–H groups in total. The van der Waals surface area contributed by atoms with Crippen LogP contribution in [0.4, 0.5) is 10.7 Å². The Morgan fingerprint density at radius 1 is 1.43 bits per heavy atom. The SMILES string of the molecule is CCNC(=O)c1sc(N2CC(C)CC(C)C2)c(SC)c1N. The van der Waals surface area contributed by atoms with E-state index in [1.54, 1.807) is 11.8 Å². The standard InChI is InChI=1S/C15H25N3OS2/c1-5-17-14(19)12-11(16)13(20-4)15(21-12)18-7-9(2)6-10(3)8-18/h9-10H,5-8,16H2,1-4H3,(H,17,19). The zero-order valence-electron chi connectivity index (χ0n) is 13.2. The van der Waals surface area contributed by atoms with E-state index < -0.39 is 0 Å². The molecule has 2 unspecified atom stereocenters. The fraction of sp³-hybridized carbons (Fsp3) is 0.667. The highest BCUT2D eigenvalue weighted by atomic mass is 32.2. The maximum Gasteiger partial charge on any atom is 0.263 e. The first kappa shape index (κ1) is 16.5. The molecular formula is C15H25N3OS2. The topological polar surface area (TPSA) is 58.4 Å². The largest absolute Gasteiger partial charge is 0.396 e. The van der Waals surface area contributed by atoms with Crippen molar-refractivity contribution in [1.82, 2.24) is 5.32 Å². The molecule has 4 nitrogen and oxygen atoms in total. The van der Waals surface area contributed by atoms with Gasteiger partial charge in [0.25, 0.3) is 5.91 Å². The third kappa shape index (κ3) is 3.48. The molecule has 1 fully saturated rings. The van der Waals surface area contributed by atoms with Crippen LogP contribution in [-0.4, -0.2) is 31.8 Å². The van der Waals surface area contributed by atoms with E-state index in [-0.39, 0.29) is 5.91 Å². The Morgan fingerprint density at radius 2 is 2.05 bits per heavy atom. The maximum absolute atomic E-state index is 12.1. The number of thiophene rings is 1. The summed E-state index contributed by atoms with van der Waals surface area (Å²) in [5, 5.41) is 4.02. The minimum atomic E-state index is -0.0559. The van der Waals surface area contributed by atoms with Crippen LogP contribution in [0.15, 0.2) is 4.90 Å². The number of thioether (sulfide) groups is 1. The molecule has 21 heavy (non-hydrogen) atoms. The van der Waals surface area contributed by atoms with Gasteiger partial charge in [-0.05, 0) is 31.4 Å². The monoisotopic (exact) mass is 327 g/mol. The molecule has 1 aliphatic heterocycles. The molecule has 6 heteroatoms. The Morgan fingerprint density at radius 3 is 2.57 bits per heavy atom. The summed E-state index contributed by atoms with van der Waals surface area (Å²) < 4.78 is 0.